The van der Waals surface area contributed by atoms with Crippen molar-refractivity contribution in [3.8, 4) is 0 Å². The second kappa shape index (κ2) is 8.35. The summed E-state index contributed by atoms with van der Waals surface area (Å²) in [5.74, 6) is -2.81. The minimum absolute atomic E-state index is 0.133. The van der Waals surface area contributed by atoms with E-state index in [9.17, 15) is 19.2 Å². The largest absolute Gasteiger partial charge is 0.472 e. The molecule has 4 rings (SSSR count). The summed E-state index contributed by atoms with van der Waals surface area (Å²) in [5, 5.41) is 0. The van der Waals surface area contributed by atoms with Gasteiger partial charge in [-0.1, -0.05) is 6.92 Å². The number of rotatable bonds is 4. The first kappa shape index (κ1) is 23.1. The fourth-order valence-electron chi connectivity index (χ4n) is 6.04. The van der Waals surface area contributed by atoms with Gasteiger partial charge in [0.05, 0.1) is 32.2 Å². The molecule has 0 radical (unpaired) electrons. The van der Waals surface area contributed by atoms with Crippen LogP contribution in [0.2, 0.25) is 0 Å². The zero-order chi connectivity index (χ0) is 24.0. The monoisotopic (exact) mass is 460 g/mol. The van der Waals surface area contributed by atoms with Gasteiger partial charge < -0.3 is 23.4 Å². The van der Waals surface area contributed by atoms with E-state index in [0.717, 1.165) is 5.56 Å². The first-order valence-electron chi connectivity index (χ1n) is 11.0. The Labute approximate surface area is 191 Å². The maximum absolute atomic E-state index is 13.5. The highest BCUT2D eigenvalue weighted by molar-refractivity contribution is 6.05. The van der Waals surface area contributed by atoms with Crippen LogP contribution in [-0.2, 0) is 38.1 Å². The molecule has 0 bridgehead atoms. The van der Waals surface area contributed by atoms with E-state index in [-0.39, 0.29) is 18.8 Å². The Morgan fingerprint density at radius 2 is 1.85 bits per heavy atom. The Balaban J connectivity index is 1.96. The number of hydrogen-bond acceptors (Lipinski definition) is 9. The van der Waals surface area contributed by atoms with Crippen molar-refractivity contribution in [3.63, 3.8) is 0 Å². The first-order chi connectivity index (χ1) is 15.7. The van der Waals surface area contributed by atoms with Gasteiger partial charge in [-0.2, -0.15) is 0 Å². The number of esters is 4. The number of fused-ring (bicyclic) bond motifs is 1. The summed E-state index contributed by atoms with van der Waals surface area (Å²) in [7, 11) is 2.39. The molecule has 1 saturated heterocycles. The molecular weight excluding hydrogens is 432 g/mol. The number of carbonyl (C=O) groups excluding carboxylic acids is 4. The summed E-state index contributed by atoms with van der Waals surface area (Å²) in [6.07, 6.45) is 3.29. The number of methoxy groups -OCH3 is 2. The maximum atomic E-state index is 13.5. The van der Waals surface area contributed by atoms with Gasteiger partial charge in [0.25, 0.3) is 0 Å². The molecule has 178 valence electrons. The van der Waals surface area contributed by atoms with E-state index in [1.165, 1.54) is 33.7 Å². The van der Waals surface area contributed by atoms with Crippen molar-refractivity contribution in [1.29, 1.82) is 0 Å². The third-order valence-corrected chi connectivity index (χ3v) is 7.44. The van der Waals surface area contributed by atoms with Crippen LogP contribution < -0.4 is 0 Å². The van der Waals surface area contributed by atoms with E-state index in [2.05, 4.69) is 0 Å². The van der Waals surface area contributed by atoms with Crippen LogP contribution in [0.5, 0.6) is 0 Å². The Kier molecular flexibility index (Phi) is 5.84. The summed E-state index contributed by atoms with van der Waals surface area (Å²) in [4.78, 5) is 51.8. The van der Waals surface area contributed by atoms with Crippen molar-refractivity contribution in [3.05, 3.63) is 35.3 Å². The number of furan rings is 1. The van der Waals surface area contributed by atoms with Crippen molar-refractivity contribution in [1.82, 2.24) is 0 Å². The summed E-state index contributed by atoms with van der Waals surface area (Å²) in [6, 6.07) is 1.75. The fraction of sp³-hybridized carbons (Fsp3) is 0.583. The average molecular weight is 460 g/mol. The van der Waals surface area contributed by atoms with Gasteiger partial charge in [0.15, 0.2) is 5.41 Å². The van der Waals surface area contributed by atoms with Crippen LogP contribution in [-0.4, -0.2) is 44.2 Å². The van der Waals surface area contributed by atoms with E-state index in [4.69, 9.17) is 23.4 Å². The quantitative estimate of drug-likeness (QED) is 0.289. The SMILES string of the molecule is COC(=O)C1(C(=O)OC)CCCC2=C1[C@@H](OC(C)=O)C[C@@H](C)[C@]21C[C@@H](c2ccoc2)OC1=O. The van der Waals surface area contributed by atoms with E-state index in [1.807, 2.05) is 6.92 Å². The molecule has 9 heteroatoms. The van der Waals surface area contributed by atoms with Gasteiger partial charge in [-0.25, -0.2) is 0 Å². The van der Waals surface area contributed by atoms with Crippen LogP contribution in [0.15, 0.2) is 34.2 Å². The molecule has 33 heavy (non-hydrogen) atoms. The lowest BCUT2D eigenvalue weighted by Crippen LogP contribution is -2.54. The summed E-state index contributed by atoms with van der Waals surface area (Å²) in [5.41, 5.74) is -1.20. The van der Waals surface area contributed by atoms with Crippen molar-refractivity contribution in [2.24, 2.45) is 16.7 Å². The van der Waals surface area contributed by atoms with Crippen molar-refractivity contribution in [2.75, 3.05) is 14.2 Å². The van der Waals surface area contributed by atoms with E-state index >= 15 is 0 Å². The molecule has 2 heterocycles. The first-order valence-corrected chi connectivity index (χ1v) is 11.0. The molecule has 1 aromatic rings. The number of carbonyl (C=O) groups is 4. The molecule has 4 atom stereocenters. The van der Waals surface area contributed by atoms with E-state index in [0.29, 0.717) is 30.4 Å². The Hall–Kier alpha value is -3.10. The van der Waals surface area contributed by atoms with Gasteiger partial charge in [0, 0.05) is 18.9 Å². The number of ether oxygens (including phenoxy) is 4. The lowest BCUT2D eigenvalue weighted by atomic mass is 9.53. The predicted molar refractivity (Wildman–Crippen MR) is 111 cm³/mol. The lowest BCUT2D eigenvalue weighted by molar-refractivity contribution is -0.171. The molecule has 3 aliphatic rings. The van der Waals surface area contributed by atoms with Crippen molar-refractivity contribution >= 4 is 23.9 Å². The van der Waals surface area contributed by atoms with Gasteiger partial charge in [-0.3, -0.25) is 19.2 Å². The summed E-state index contributed by atoms with van der Waals surface area (Å²) < 4.78 is 26.7. The van der Waals surface area contributed by atoms with Gasteiger partial charge in [0.1, 0.15) is 12.2 Å². The summed E-state index contributed by atoms with van der Waals surface area (Å²) in [6.45, 7) is 3.18. The maximum Gasteiger partial charge on any atom is 0.327 e. The molecule has 2 aliphatic carbocycles. The van der Waals surface area contributed by atoms with Gasteiger partial charge in [-0.15, -0.1) is 0 Å². The van der Waals surface area contributed by atoms with Gasteiger partial charge >= 0.3 is 23.9 Å². The Bertz CT molecular complexity index is 989. The lowest BCUT2D eigenvalue weighted by Gasteiger charge is -2.49. The number of cyclic esters (lactones) is 1. The van der Waals surface area contributed by atoms with Crippen LogP contribution in [0.4, 0.5) is 0 Å². The smallest absolute Gasteiger partial charge is 0.327 e. The molecule has 0 N–H and O–H groups in total. The molecule has 1 fully saturated rings. The minimum atomic E-state index is -1.79. The third-order valence-electron chi connectivity index (χ3n) is 7.44. The molecule has 1 aliphatic heterocycles. The second-order valence-electron chi connectivity index (χ2n) is 9.00. The Morgan fingerprint density at radius 1 is 1.15 bits per heavy atom. The number of hydrogen-bond donors (Lipinski definition) is 0. The molecule has 1 aromatic heterocycles. The fourth-order valence-corrected chi connectivity index (χ4v) is 6.04. The van der Waals surface area contributed by atoms with Crippen LogP contribution in [0.1, 0.15) is 57.6 Å². The highest BCUT2D eigenvalue weighted by atomic mass is 16.6. The standard InChI is InChI=1S/C24H28O9/c1-13-10-17(32-14(2)25)19-16(6-5-8-23(19,20(26)29-3)21(27)30-4)24(13)11-18(33-22(24)28)15-7-9-31-12-15/h7,9,12-13,17-18H,5-6,8,10-11H2,1-4H3/t13-,17+,18+,24-/m1/s1. The molecule has 1 spiro atoms. The van der Waals surface area contributed by atoms with Crippen molar-refractivity contribution < 1.29 is 42.5 Å². The minimum Gasteiger partial charge on any atom is -0.472 e. The highest BCUT2D eigenvalue weighted by Gasteiger charge is 2.65. The van der Waals surface area contributed by atoms with Crippen LogP contribution in [0.3, 0.4) is 0 Å². The highest BCUT2D eigenvalue weighted by Crippen LogP contribution is 2.62. The zero-order valence-electron chi connectivity index (χ0n) is 19.2. The second-order valence-corrected chi connectivity index (χ2v) is 9.00. The molecule has 0 amide bonds. The zero-order valence-corrected chi connectivity index (χ0v) is 19.2. The topological polar surface area (TPSA) is 118 Å². The van der Waals surface area contributed by atoms with Gasteiger partial charge in [-0.05, 0) is 48.8 Å². The predicted octanol–water partition coefficient (Wildman–Crippen LogP) is 3.04. The molecule has 9 nitrogen and oxygen atoms in total. The average Bonchev–Trinajstić information content (AvgIpc) is 3.44. The van der Waals surface area contributed by atoms with Crippen molar-refractivity contribution in [2.45, 2.75) is 58.2 Å². The normalized spacial score (nSPS) is 30.4. The van der Waals surface area contributed by atoms with E-state index < -0.39 is 46.9 Å². The van der Waals surface area contributed by atoms with Gasteiger partial charge in [0.2, 0.25) is 0 Å². The Morgan fingerprint density at radius 3 is 2.42 bits per heavy atom. The van der Waals surface area contributed by atoms with E-state index in [1.54, 1.807) is 6.07 Å². The molecular formula is C24H28O9. The van der Waals surface area contributed by atoms with Crippen LogP contribution in [0, 0.1) is 16.7 Å². The molecule has 0 unspecified atom stereocenters. The molecule has 0 aromatic carbocycles. The molecule has 0 saturated carbocycles. The summed E-state index contributed by atoms with van der Waals surface area (Å²) >= 11 is 0. The third kappa shape index (κ3) is 3.28. The van der Waals surface area contributed by atoms with Crippen LogP contribution in [0.25, 0.3) is 0 Å². The van der Waals surface area contributed by atoms with Crippen LogP contribution >= 0.6 is 0 Å².